The molecule has 0 saturated carbocycles. The molecule has 1 aromatic carbocycles. The van der Waals surface area contributed by atoms with Gasteiger partial charge >= 0.3 is 0 Å². The van der Waals surface area contributed by atoms with E-state index in [9.17, 15) is 4.79 Å². The highest BCUT2D eigenvalue weighted by Crippen LogP contribution is 2.30. The minimum Gasteiger partial charge on any atom is -0.489 e. The number of nitrogens with one attached hydrogen (secondary N) is 2. The van der Waals surface area contributed by atoms with Crippen molar-refractivity contribution in [3.05, 3.63) is 35.5 Å². The SMILES string of the molecule is Cc1nc(CCNC(=O)c2cccc3c2OCCN3)no1. The number of aromatic nitrogens is 2. The average molecular weight is 288 g/mol. The molecule has 21 heavy (non-hydrogen) atoms. The van der Waals surface area contributed by atoms with Crippen LogP contribution in [0.4, 0.5) is 5.69 Å². The van der Waals surface area contributed by atoms with Gasteiger partial charge in [-0.2, -0.15) is 4.98 Å². The fourth-order valence-electron chi connectivity index (χ4n) is 2.18. The van der Waals surface area contributed by atoms with Crippen molar-refractivity contribution < 1.29 is 14.1 Å². The Balaban J connectivity index is 1.63. The first kappa shape index (κ1) is 13.4. The van der Waals surface area contributed by atoms with E-state index in [2.05, 4.69) is 20.8 Å². The standard InChI is InChI=1S/C14H16N4O3/c1-9-17-12(18-21-9)5-6-16-14(19)10-3-2-4-11-13(10)20-8-7-15-11/h2-4,15H,5-8H2,1H3,(H,16,19). The molecule has 0 radical (unpaired) electrons. The first-order valence-corrected chi connectivity index (χ1v) is 6.81. The molecule has 0 aliphatic carbocycles. The number of benzene rings is 1. The van der Waals surface area contributed by atoms with Gasteiger partial charge in [0.05, 0.1) is 11.3 Å². The fourth-order valence-corrected chi connectivity index (χ4v) is 2.18. The maximum atomic E-state index is 12.2. The van der Waals surface area contributed by atoms with Crippen molar-refractivity contribution in [3.8, 4) is 5.75 Å². The van der Waals surface area contributed by atoms with Gasteiger partial charge in [-0.25, -0.2) is 0 Å². The van der Waals surface area contributed by atoms with Crippen LogP contribution in [0.1, 0.15) is 22.1 Å². The van der Waals surface area contributed by atoms with E-state index in [0.29, 0.717) is 42.6 Å². The Morgan fingerprint density at radius 1 is 1.48 bits per heavy atom. The number of amides is 1. The minimum atomic E-state index is -0.171. The maximum Gasteiger partial charge on any atom is 0.255 e. The third kappa shape index (κ3) is 2.96. The van der Waals surface area contributed by atoms with E-state index in [4.69, 9.17) is 9.26 Å². The number of para-hydroxylation sites is 1. The third-order valence-corrected chi connectivity index (χ3v) is 3.13. The lowest BCUT2D eigenvalue weighted by atomic mass is 10.1. The van der Waals surface area contributed by atoms with E-state index in [1.807, 2.05) is 12.1 Å². The number of anilines is 1. The van der Waals surface area contributed by atoms with E-state index in [0.717, 1.165) is 12.2 Å². The van der Waals surface area contributed by atoms with Crippen LogP contribution in [0.15, 0.2) is 22.7 Å². The second-order valence-electron chi connectivity index (χ2n) is 4.69. The molecular weight excluding hydrogens is 272 g/mol. The molecule has 0 spiro atoms. The molecule has 2 N–H and O–H groups in total. The number of fused-ring (bicyclic) bond motifs is 1. The Morgan fingerprint density at radius 3 is 3.19 bits per heavy atom. The lowest BCUT2D eigenvalue weighted by Crippen LogP contribution is -2.28. The lowest BCUT2D eigenvalue weighted by molar-refractivity contribution is 0.0950. The number of carbonyl (C=O) groups excluding carboxylic acids is 1. The highest BCUT2D eigenvalue weighted by molar-refractivity contribution is 5.98. The van der Waals surface area contributed by atoms with E-state index in [1.54, 1.807) is 13.0 Å². The molecule has 7 heteroatoms. The summed E-state index contributed by atoms with van der Waals surface area (Å²) in [5, 5.41) is 9.83. The molecule has 2 aromatic rings. The quantitative estimate of drug-likeness (QED) is 0.877. The number of ether oxygens (including phenoxy) is 1. The van der Waals surface area contributed by atoms with Gasteiger partial charge in [0.15, 0.2) is 11.6 Å². The molecule has 1 aromatic heterocycles. The van der Waals surface area contributed by atoms with Crippen LogP contribution in [-0.4, -0.2) is 35.7 Å². The van der Waals surface area contributed by atoms with Crippen molar-refractivity contribution in [1.82, 2.24) is 15.5 Å². The second-order valence-corrected chi connectivity index (χ2v) is 4.69. The molecule has 2 heterocycles. The smallest absolute Gasteiger partial charge is 0.255 e. The Hall–Kier alpha value is -2.57. The number of rotatable bonds is 4. The maximum absolute atomic E-state index is 12.2. The summed E-state index contributed by atoms with van der Waals surface area (Å²) in [6, 6.07) is 5.48. The summed E-state index contributed by atoms with van der Waals surface area (Å²) in [7, 11) is 0. The first-order valence-electron chi connectivity index (χ1n) is 6.81. The van der Waals surface area contributed by atoms with Gasteiger partial charge in [0, 0.05) is 26.4 Å². The molecule has 0 atom stereocenters. The summed E-state index contributed by atoms with van der Waals surface area (Å²) in [6.07, 6.45) is 0.525. The zero-order valence-corrected chi connectivity index (χ0v) is 11.7. The molecule has 0 unspecified atom stereocenters. The molecule has 3 rings (SSSR count). The Labute approximate surface area is 121 Å². The molecule has 0 fully saturated rings. The topological polar surface area (TPSA) is 89.3 Å². The van der Waals surface area contributed by atoms with Gasteiger partial charge < -0.3 is 19.9 Å². The summed E-state index contributed by atoms with van der Waals surface area (Å²) < 4.78 is 10.5. The minimum absolute atomic E-state index is 0.171. The summed E-state index contributed by atoms with van der Waals surface area (Å²) in [5.41, 5.74) is 1.38. The largest absolute Gasteiger partial charge is 0.489 e. The summed E-state index contributed by atoms with van der Waals surface area (Å²) in [4.78, 5) is 16.3. The van der Waals surface area contributed by atoms with E-state index in [-0.39, 0.29) is 5.91 Å². The molecular formula is C14H16N4O3. The second kappa shape index (κ2) is 5.82. The Bertz CT molecular complexity index is 653. The van der Waals surface area contributed by atoms with Crippen molar-refractivity contribution >= 4 is 11.6 Å². The van der Waals surface area contributed by atoms with Gasteiger partial charge in [0.2, 0.25) is 5.89 Å². The number of hydrogen-bond acceptors (Lipinski definition) is 6. The first-order chi connectivity index (χ1) is 10.2. The third-order valence-electron chi connectivity index (χ3n) is 3.13. The van der Waals surface area contributed by atoms with Crippen molar-refractivity contribution in [2.75, 3.05) is 25.0 Å². The fraction of sp³-hybridized carbons (Fsp3) is 0.357. The average Bonchev–Trinajstić information content (AvgIpc) is 2.92. The van der Waals surface area contributed by atoms with Gasteiger partial charge in [-0.3, -0.25) is 4.79 Å². The highest BCUT2D eigenvalue weighted by Gasteiger charge is 2.18. The Kier molecular flexibility index (Phi) is 3.72. The van der Waals surface area contributed by atoms with E-state index < -0.39 is 0 Å². The van der Waals surface area contributed by atoms with Crippen LogP contribution in [0, 0.1) is 6.92 Å². The van der Waals surface area contributed by atoms with Crippen LogP contribution in [0.3, 0.4) is 0 Å². The summed E-state index contributed by atoms with van der Waals surface area (Å²) in [6.45, 7) is 3.47. The summed E-state index contributed by atoms with van der Waals surface area (Å²) in [5.74, 6) is 1.54. The van der Waals surface area contributed by atoms with Crippen LogP contribution >= 0.6 is 0 Å². The predicted octanol–water partition coefficient (Wildman–Crippen LogP) is 1.15. The van der Waals surface area contributed by atoms with Gasteiger partial charge in [0.1, 0.15) is 6.61 Å². The molecule has 7 nitrogen and oxygen atoms in total. The normalized spacial score (nSPS) is 13.0. The predicted molar refractivity (Wildman–Crippen MR) is 75.5 cm³/mol. The molecule has 1 aliphatic rings. The molecule has 110 valence electrons. The van der Waals surface area contributed by atoms with Crippen LogP contribution < -0.4 is 15.4 Å². The monoisotopic (exact) mass is 288 g/mol. The number of hydrogen-bond donors (Lipinski definition) is 2. The van der Waals surface area contributed by atoms with E-state index in [1.165, 1.54) is 0 Å². The van der Waals surface area contributed by atoms with Crippen LogP contribution in [0.2, 0.25) is 0 Å². The van der Waals surface area contributed by atoms with Crippen LogP contribution in [-0.2, 0) is 6.42 Å². The molecule has 0 saturated heterocycles. The zero-order valence-electron chi connectivity index (χ0n) is 11.7. The van der Waals surface area contributed by atoms with Gasteiger partial charge in [-0.05, 0) is 12.1 Å². The molecule has 0 bridgehead atoms. The van der Waals surface area contributed by atoms with Crippen LogP contribution in [0.25, 0.3) is 0 Å². The van der Waals surface area contributed by atoms with Crippen LogP contribution in [0.5, 0.6) is 5.75 Å². The van der Waals surface area contributed by atoms with Gasteiger partial charge in [0.25, 0.3) is 5.91 Å². The number of carbonyl (C=O) groups is 1. The Morgan fingerprint density at radius 2 is 2.38 bits per heavy atom. The lowest BCUT2D eigenvalue weighted by Gasteiger charge is -2.21. The van der Waals surface area contributed by atoms with E-state index >= 15 is 0 Å². The number of nitrogens with zero attached hydrogens (tertiary/aromatic N) is 2. The van der Waals surface area contributed by atoms with Gasteiger partial charge in [-0.1, -0.05) is 11.2 Å². The van der Waals surface area contributed by atoms with Crippen molar-refractivity contribution in [1.29, 1.82) is 0 Å². The van der Waals surface area contributed by atoms with Crippen molar-refractivity contribution in [2.45, 2.75) is 13.3 Å². The summed E-state index contributed by atoms with van der Waals surface area (Å²) >= 11 is 0. The zero-order chi connectivity index (χ0) is 14.7. The van der Waals surface area contributed by atoms with Crippen molar-refractivity contribution in [3.63, 3.8) is 0 Å². The van der Waals surface area contributed by atoms with Gasteiger partial charge in [-0.15, -0.1) is 0 Å². The highest BCUT2D eigenvalue weighted by atomic mass is 16.5. The van der Waals surface area contributed by atoms with Crippen molar-refractivity contribution in [2.24, 2.45) is 0 Å². The molecule has 1 amide bonds. The number of aryl methyl sites for hydroxylation is 1. The molecule has 1 aliphatic heterocycles.